The van der Waals surface area contributed by atoms with Crippen LogP contribution in [0.15, 0.2) is 91.0 Å². The number of ether oxygens (including phenoxy) is 2. The number of fused-ring (bicyclic) bond motifs is 1. The van der Waals surface area contributed by atoms with Crippen molar-refractivity contribution >= 4 is 28.6 Å². The van der Waals surface area contributed by atoms with Crippen LogP contribution in [0.2, 0.25) is 5.02 Å². The van der Waals surface area contributed by atoms with Gasteiger partial charge in [0.05, 0.1) is 24.0 Å². The fourth-order valence-electron chi connectivity index (χ4n) is 4.38. The molecule has 4 aromatic carbocycles. The predicted octanol–water partition coefficient (Wildman–Crippen LogP) is 7.51. The summed E-state index contributed by atoms with van der Waals surface area (Å²) in [5, 5.41) is 9.52. The number of hydrogen-bond acceptors (Lipinski definition) is 4. The van der Waals surface area contributed by atoms with E-state index in [9.17, 15) is 18.0 Å². The molecule has 0 atom stereocenters. The van der Waals surface area contributed by atoms with Crippen molar-refractivity contribution in [1.29, 1.82) is 0 Å². The number of benzene rings is 4. The molecule has 5 rings (SSSR count). The standard InChI is InChI=1S/C30H22ClF3N2O4/c31-24-14-9-19(15-22(24)16-28(37)38)18-39-27-8-4-1-5-21(27)17-36-26-7-3-2-6-25(26)35-29(36)20-10-12-23(13-11-20)40-30(32,33)34/h1-15H,16-18H2,(H,37,38). The topological polar surface area (TPSA) is 73.6 Å². The molecule has 0 fully saturated rings. The minimum absolute atomic E-state index is 0.191. The van der Waals surface area contributed by atoms with Gasteiger partial charge in [0.15, 0.2) is 0 Å². The zero-order valence-corrected chi connectivity index (χ0v) is 21.6. The molecule has 6 nitrogen and oxygen atoms in total. The number of para-hydroxylation sites is 3. The average Bonchev–Trinajstić information content (AvgIpc) is 3.27. The van der Waals surface area contributed by atoms with Gasteiger partial charge in [-0.05, 0) is 59.7 Å². The average molecular weight is 567 g/mol. The van der Waals surface area contributed by atoms with Crippen LogP contribution >= 0.6 is 11.6 Å². The second kappa shape index (κ2) is 11.3. The first kappa shape index (κ1) is 27.1. The summed E-state index contributed by atoms with van der Waals surface area (Å²) < 4.78 is 50.0. The predicted molar refractivity (Wildman–Crippen MR) is 145 cm³/mol. The minimum Gasteiger partial charge on any atom is -0.489 e. The largest absolute Gasteiger partial charge is 0.573 e. The zero-order valence-electron chi connectivity index (χ0n) is 20.9. The van der Waals surface area contributed by atoms with Crippen LogP contribution in [0.3, 0.4) is 0 Å². The second-order valence-corrected chi connectivity index (χ2v) is 9.38. The molecule has 0 bridgehead atoms. The van der Waals surface area contributed by atoms with Gasteiger partial charge in [0.1, 0.15) is 23.9 Å². The summed E-state index contributed by atoms with van der Waals surface area (Å²) in [5.41, 5.74) is 4.33. The van der Waals surface area contributed by atoms with Crippen molar-refractivity contribution in [2.75, 3.05) is 0 Å². The van der Waals surface area contributed by atoms with Crippen LogP contribution in [0.25, 0.3) is 22.4 Å². The van der Waals surface area contributed by atoms with E-state index in [0.29, 0.717) is 34.3 Å². The van der Waals surface area contributed by atoms with Gasteiger partial charge >= 0.3 is 12.3 Å². The Kier molecular flexibility index (Phi) is 7.66. The first-order chi connectivity index (χ1) is 19.2. The first-order valence-corrected chi connectivity index (χ1v) is 12.6. The third-order valence-electron chi connectivity index (χ3n) is 6.15. The molecular formula is C30H22ClF3N2O4. The van der Waals surface area contributed by atoms with E-state index >= 15 is 0 Å². The molecular weight excluding hydrogens is 545 g/mol. The summed E-state index contributed by atoms with van der Waals surface area (Å²) in [6, 6.07) is 25.8. The Morgan fingerprint density at radius 2 is 1.65 bits per heavy atom. The molecule has 0 aliphatic rings. The van der Waals surface area contributed by atoms with Gasteiger partial charge in [-0.25, -0.2) is 4.98 Å². The number of alkyl halides is 3. The molecule has 1 N–H and O–H groups in total. The van der Waals surface area contributed by atoms with E-state index in [1.54, 1.807) is 18.2 Å². The lowest BCUT2D eigenvalue weighted by Gasteiger charge is -2.15. The lowest BCUT2D eigenvalue weighted by Crippen LogP contribution is -2.17. The number of carbonyl (C=O) groups is 1. The Morgan fingerprint density at radius 1 is 0.925 bits per heavy atom. The first-order valence-electron chi connectivity index (χ1n) is 12.2. The van der Waals surface area contributed by atoms with E-state index in [-0.39, 0.29) is 18.8 Å². The third kappa shape index (κ3) is 6.38. The third-order valence-corrected chi connectivity index (χ3v) is 6.52. The molecule has 0 radical (unpaired) electrons. The summed E-state index contributed by atoms with van der Waals surface area (Å²) in [5.74, 6) is -0.0944. The molecule has 0 aliphatic carbocycles. The molecule has 0 unspecified atom stereocenters. The van der Waals surface area contributed by atoms with E-state index < -0.39 is 12.3 Å². The number of aromatic nitrogens is 2. The Labute approximate surface area is 232 Å². The minimum atomic E-state index is -4.78. The van der Waals surface area contributed by atoms with Gasteiger partial charge in [0.25, 0.3) is 0 Å². The lowest BCUT2D eigenvalue weighted by atomic mass is 10.1. The van der Waals surface area contributed by atoms with Crippen molar-refractivity contribution in [2.45, 2.75) is 25.9 Å². The highest BCUT2D eigenvalue weighted by Crippen LogP contribution is 2.31. The van der Waals surface area contributed by atoms with Gasteiger partial charge in [-0.1, -0.05) is 54.1 Å². The van der Waals surface area contributed by atoms with Crippen LogP contribution in [0.4, 0.5) is 13.2 Å². The lowest BCUT2D eigenvalue weighted by molar-refractivity contribution is -0.274. The number of carboxylic acids is 1. The molecule has 0 amide bonds. The van der Waals surface area contributed by atoms with Crippen LogP contribution < -0.4 is 9.47 Å². The molecule has 1 heterocycles. The zero-order chi connectivity index (χ0) is 28.3. The van der Waals surface area contributed by atoms with Crippen molar-refractivity contribution in [3.63, 3.8) is 0 Å². The fraction of sp³-hybridized carbons (Fsp3) is 0.133. The highest BCUT2D eigenvalue weighted by molar-refractivity contribution is 6.31. The van der Waals surface area contributed by atoms with Gasteiger partial charge in [-0.3, -0.25) is 4.79 Å². The van der Waals surface area contributed by atoms with Gasteiger partial charge in [0.2, 0.25) is 0 Å². The highest BCUT2D eigenvalue weighted by Gasteiger charge is 2.31. The monoisotopic (exact) mass is 566 g/mol. The van der Waals surface area contributed by atoms with E-state index in [2.05, 4.69) is 4.74 Å². The summed E-state index contributed by atoms with van der Waals surface area (Å²) >= 11 is 6.14. The molecule has 0 aliphatic heterocycles. The van der Waals surface area contributed by atoms with E-state index in [1.807, 2.05) is 53.1 Å². The Hall–Kier alpha value is -4.50. The SMILES string of the molecule is O=C(O)Cc1cc(COc2ccccc2Cn2c(-c3ccc(OC(F)(F)F)cc3)nc3ccccc32)ccc1Cl. The number of aliphatic carboxylic acids is 1. The van der Waals surface area contributed by atoms with Gasteiger partial charge in [-0.15, -0.1) is 13.2 Å². The summed E-state index contributed by atoms with van der Waals surface area (Å²) in [6.07, 6.45) is -4.97. The molecule has 40 heavy (non-hydrogen) atoms. The van der Waals surface area contributed by atoms with Gasteiger partial charge in [0, 0.05) is 16.1 Å². The van der Waals surface area contributed by atoms with Crippen molar-refractivity contribution in [3.8, 4) is 22.9 Å². The summed E-state index contributed by atoms with van der Waals surface area (Å²) in [4.78, 5) is 15.9. The van der Waals surface area contributed by atoms with Gasteiger partial charge < -0.3 is 19.1 Å². The Balaban J connectivity index is 1.44. The highest BCUT2D eigenvalue weighted by atomic mass is 35.5. The number of nitrogens with zero attached hydrogens (tertiary/aromatic N) is 2. The van der Waals surface area contributed by atoms with Crippen molar-refractivity contribution in [3.05, 3.63) is 113 Å². The van der Waals surface area contributed by atoms with E-state index in [0.717, 1.165) is 22.2 Å². The van der Waals surface area contributed by atoms with E-state index in [4.69, 9.17) is 26.4 Å². The maximum absolute atomic E-state index is 12.6. The maximum Gasteiger partial charge on any atom is 0.573 e. The quantitative estimate of drug-likeness (QED) is 0.200. The fourth-order valence-corrected chi connectivity index (χ4v) is 4.57. The van der Waals surface area contributed by atoms with E-state index in [1.165, 1.54) is 24.3 Å². The molecule has 0 saturated carbocycles. The van der Waals surface area contributed by atoms with Crippen LogP contribution in [-0.4, -0.2) is 27.0 Å². The van der Waals surface area contributed by atoms with Crippen LogP contribution in [0.1, 0.15) is 16.7 Å². The number of hydrogen-bond donors (Lipinski definition) is 1. The molecule has 204 valence electrons. The molecule has 1 aromatic heterocycles. The number of carboxylic acid groups (broad SMARTS) is 1. The second-order valence-electron chi connectivity index (χ2n) is 8.98. The summed E-state index contributed by atoms with van der Waals surface area (Å²) in [6.45, 7) is 0.566. The Morgan fingerprint density at radius 3 is 2.40 bits per heavy atom. The smallest absolute Gasteiger partial charge is 0.489 e. The number of rotatable bonds is 9. The Bertz CT molecular complexity index is 1670. The molecule has 10 heteroatoms. The summed E-state index contributed by atoms with van der Waals surface area (Å²) in [7, 11) is 0. The molecule has 5 aromatic rings. The van der Waals surface area contributed by atoms with Crippen molar-refractivity contribution in [2.24, 2.45) is 0 Å². The van der Waals surface area contributed by atoms with Crippen LogP contribution in [0.5, 0.6) is 11.5 Å². The van der Waals surface area contributed by atoms with Crippen molar-refractivity contribution in [1.82, 2.24) is 9.55 Å². The number of imidazole rings is 1. The number of halogens is 4. The van der Waals surface area contributed by atoms with Crippen molar-refractivity contribution < 1.29 is 32.5 Å². The van der Waals surface area contributed by atoms with Gasteiger partial charge in [-0.2, -0.15) is 0 Å². The molecule has 0 spiro atoms. The molecule has 0 saturated heterocycles. The van der Waals surface area contributed by atoms with Crippen LogP contribution in [0, 0.1) is 0 Å². The van der Waals surface area contributed by atoms with Crippen LogP contribution in [-0.2, 0) is 24.4 Å². The normalized spacial score (nSPS) is 11.5. The maximum atomic E-state index is 12.6.